The predicted octanol–water partition coefficient (Wildman–Crippen LogP) is 2.74. The van der Waals surface area contributed by atoms with Gasteiger partial charge in [-0.3, -0.25) is 4.79 Å². The number of aromatic nitrogens is 2. The Labute approximate surface area is 110 Å². The fourth-order valence-electron chi connectivity index (χ4n) is 1.58. The molecule has 1 aromatic heterocycles. The van der Waals surface area contributed by atoms with Gasteiger partial charge in [0.25, 0.3) is 5.91 Å². The fourth-order valence-corrected chi connectivity index (χ4v) is 2.19. The number of hydrogen-bond acceptors (Lipinski definition) is 4. The van der Waals surface area contributed by atoms with Gasteiger partial charge in [0, 0.05) is 12.1 Å². The first-order valence-electron chi connectivity index (χ1n) is 5.99. The normalized spacial score (nSPS) is 10.3. The summed E-state index contributed by atoms with van der Waals surface area (Å²) < 4.78 is 3.88. The monoisotopic (exact) mass is 261 g/mol. The lowest BCUT2D eigenvalue weighted by Crippen LogP contribution is -2.23. The molecule has 0 bridgehead atoms. The maximum atomic E-state index is 12.0. The molecular weight excluding hydrogens is 246 g/mol. The molecule has 0 saturated heterocycles. The third-order valence-corrected chi connectivity index (χ3v) is 3.28. The maximum absolute atomic E-state index is 12.0. The number of amides is 1. The largest absolute Gasteiger partial charge is 0.351 e. The van der Waals surface area contributed by atoms with Crippen LogP contribution in [0.25, 0.3) is 11.3 Å². The van der Waals surface area contributed by atoms with Crippen molar-refractivity contribution in [1.29, 1.82) is 0 Å². The molecule has 1 aromatic carbocycles. The smallest absolute Gasteiger partial charge is 0.265 e. The van der Waals surface area contributed by atoms with E-state index in [1.165, 1.54) is 0 Å². The Morgan fingerprint density at radius 1 is 1.33 bits per heavy atom. The van der Waals surface area contributed by atoms with Gasteiger partial charge in [0.05, 0.1) is 0 Å². The topological polar surface area (TPSA) is 54.9 Å². The Balaban J connectivity index is 2.15. The van der Waals surface area contributed by atoms with E-state index in [1.54, 1.807) is 0 Å². The summed E-state index contributed by atoms with van der Waals surface area (Å²) >= 11 is 1.14. The lowest BCUT2D eigenvalue weighted by Gasteiger charge is -2.03. The van der Waals surface area contributed by atoms with Crippen molar-refractivity contribution >= 4 is 17.4 Å². The molecule has 5 heteroatoms. The van der Waals surface area contributed by atoms with Gasteiger partial charge in [-0.05, 0) is 18.0 Å². The van der Waals surface area contributed by atoms with E-state index in [1.807, 2.05) is 30.3 Å². The van der Waals surface area contributed by atoms with E-state index < -0.39 is 0 Å². The predicted molar refractivity (Wildman–Crippen MR) is 72.6 cm³/mol. The highest BCUT2D eigenvalue weighted by Crippen LogP contribution is 2.23. The molecule has 0 radical (unpaired) electrons. The van der Waals surface area contributed by atoms with E-state index in [0.29, 0.717) is 17.1 Å². The van der Waals surface area contributed by atoms with Gasteiger partial charge in [0.2, 0.25) is 0 Å². The van der Waals surface area contributed by atoms with Crippen LogP contribution in [0.15, 0.2) is 30.3 Å². The minimum absolute atomic E-state index is 0.0858. The highest BCUT2D eigenvalue weighted by molar-refractivity contribution is 7.08. The van der Waals surface area contributed by atoms with Crippen molar-refractivity contribution in [2.45, 2.75) is 19.8 Å². The molecule has 0 unspecified atom stereocenters. The summed E-state index contributed by atoms with van der Waals surface area (Å²) in [4.78, 5) is 12.6. The van der Waals surface area contributed by atoms with Crippen molar-refractivity contribution in [2.75, 3.05) is 6.54 Å². The second-order valence-corrected chi connectivity index (χ2v) is 4.68. The summed E-state index contributed by atoms with van der Waals surface area (Å²) in [6, 6.07) is 9.64. The van der Waals surface area contributed by atoms with E-state index in [0.717, 1.165) is 29.9 Å². The molecule has 0 aliphatic rings. The zero-order valence-electron chi connectivity index (χ0n) is 10.2. The van der Waals surface area contributed by atoms with E-state index in [2.05, 4.69) is 21.8 Å². The van der Waals surface area contributed by atoms with Gasteiger partial charge in [-0.2, -0.15) is 0 Å². The highest BCUT2D eigenvalue weighted by atomic mass is 32.1. The van der Waals surface area contributed by atoms with Crippen LogP contribution >= 0.6 is 11.5 Å². The molecule has 2 rings (SSSR count). The van der Waals surface area contributed by atoms with Gasteiger partial charge in [0.15, 0.2) is 0 Å². The molecule has 18 heavy (non-hydrogen) atoms. The second-order valence-electron chi connectivity index (χ2n) is 3.93. The van der Waals surface area contributed by atoms with Crippen molar-refractivity contribution < 1.29 is 4.79 Å². The summed E-state index contributed by atoms with van der Waals surface area (Å²) in [5.74, 6) is -0.0858. The lowest BCUT2D eigenvalue weighted by molar-refractivity contribution is 0.0957. The van der Waals surface area contributed by atoms with E-state index in [-0.39, 0.29) is 5.91 Å². The van der Waals surface area contributed by atoms with E-state index in [9.17, 15) is 4.79 Å². The first kappa shape index (κ1) is 12.7. The van der Waals surface area contributed by atoms with Crippen LogP contribution < -0.4 is 5.32 Å². The van der Waals surface area contributed by atoms with Gasteiger partial charge in [-0.1, -0.05) is 48.2 Å². The number of hydrogen-bond donors (Lipinski definition) is 1. The van der Waals surface area contributed by atoms with Crippen molar-refractivity contribution in [3.63, 3.8) is 0 Å². The third kappa shape index (κ3) is 2.92. The molecule has 0 fully saturated rings. The maximum Gasteiger partial charge on any atom is 0.265 e. The number of carbonyl (C=O) groups is 1. The second kappa shape index (κ2) is 6.26. The van der Waals surface area contributed by atoms with Crippen molar-refractivity contribution in [3.05, 3.63) is 35.2 Å². The molecule has 0 saturated carbocycles. The Bertz CT molecular complexity index is 510. The molecule has 0 aliphatic heterocycles. The lowest BCUT2D eigenvalue weighted by atomic mass is 10.1. The Hall–Kier alpha value is -1.75. The minimum atomic E-state index is -0.0858. The molecule has 1 heterocycles. The third-order valence-electron chi connectivity index (χ3n) is 2.56. The number of benzene rings is 1. The summed E-state index contributed by atoms with van der Waals surface area (Å²) in [6.07, 6.45) is 2.05. The van der Waals surface area contributed by atoms with Gasteiger partial charge in [-0.25, -0.2) is 0 Å². The SMILES string of the molecule is CCCCNC(=O)c1snnc1-c1ccccc1. The van der Waals surface area contributed by atoms with Gasteiger partial charge < -0.3 is 5.32 Å². The number of rotatable bonds is 5. The zero-order chi connectivity index (χ0) is 12.8. The van der Waals surface area contributed by atoms with Crippen molar-refractivity contribution in [1.82, 2.24) is 14.9 Å². The fraction of sp³-hybridized carbons (Fsp3) is 0.308. The Morgan fingerprint density at radius 2 is 2.11 bits per heavy atom. The Morgan fingerprint density at radius 3 is 2.83 bits per heavy atom. The van der Waals surface area contributed by atoms with Crippen LogP contribution in [0.2, 0.25) is 0 Å². The van der Waals surface area contributed by atoms with Crippen molar-refractivity contribution in [3.8, 4) is 11.3 Å². The van der Waals surface area contributed by atoms with Gasteiger partial charge in [0.1, 0.15) is 10.6 Å². The number of unbranched alkanes of at least 4 members (excludes halogenated alkanes) is 1. The molecule has 94 valence electrons. The average molecular weight is 261 g/mol. The van der Waals surface area contributed by atoms with Crippen LogP contribution in [0.5, 0.6) is 0 Å². The molecular formula is C13H15N3OS. The van der Waals surface area contributed by atoms with Crippen LogP contribution in [0.1, 0.15) is 29.4 Å². The quantitative estimate of drug-likeness (QED) is 0.842. The summed E-state index contributed by atoms with van der Waals surface area (Å²) in [7, 11) is 0. The summed E-state index contributed by atoms with van der Waals surface area (Å²) in [5.41, 5.74) is 1.58. The molecule has 1 N–H and O–H groups in total. The van der Waals surface area contributed by atoms with Crippen LogP contribution in [0.3, 0.4) is 0 Å². The van der Waals surface area contributed by atoms with Gasteiger partial charge in [-0.15, -0.1) is 5.10 Å². The van der Waals surface area contributed by atoms with Crippen LogP contribution in [-0.4, -0.2) is 22.0 Å². The number of carbonyl (C=O) groups excluding carboxylic acids is 1. The molecule has 1 amide bonds. The summed E-state index contributed by atoms with van der Waals surface area (Å²) in [6.45, 7) is 2.79. The molecule has 4 nitrogen and oxygen atoms in total. The standard InChI is InChI=1S/C13H15N3OS/c1-2-3-9-14-13(17)12-11(15-16-18-12)10-7-5-4-6-8-10/h4-8H,2-3,9H2,1H3,(H,14,17). The first-order valence-corrected chi connectivity index (χ1v) is 6.76. The minimum Gasteiger partial charge on any atom is -0.351 e. The van der Waals surface area contributed by atoms with Crippen LogP contribution in [-0.2, 0) is 0 Å². The molecule has 0 spiro atoms. The summed E-state index contributed by atoms with van der Waals surface area (Å²) in [5, 5.41) is 6.93. The van der Waals surface area contributed by atoms with E-state index in [4.69, 9.17) is 0 Å². The van der Waals surface area contributed by atoms with E-state index >= 15 is 0 Å². The van der Waals surface area contributed by atoms with Crippen LogP contribution in [0.4, 0.5) is 0 Å². The first-order chi connectivity index (χ1) is 8.83. The molecule has 2 aromatic rings. The highest BCUT2D eigenvalue weighted by Gasteiger charge is 2.16. The van der Waals surface area contributed by atoms with Crippen molar-refractivity contribution in [2.24, 2.45) is 0 Å². The van der Waals surface area contributed by atoms with Gasteiger partial charge >= 0.3 is 0 Å². The average Bonchev–Trinajstić information content (AvgIpc) is 2.89. The zero-order valence-corrected chi connectivity index (χ0v) is 11.0. The number of nitrogens with one attached hydrogen (secondary N) is 1. The molecule has 0 aliphatic carbocycles. The Kier molecular flexibility index (Phi) is 4.41. The molecule has 0 atom stereocenters. The van der Waals surface area contributed by atoms with Crippen LogP contribution in [0, 0.1) is 0 Å². The number of nitrogens with zero attached hydrogens (tertiary/aromatic N) is 2.